The Labute approximate surface area is 160 Å². The van der Waals surface area contributed by atoms with E-state index >= 15 is 0 Å². The Morgan fingerprint density at radius 1 is 1.12 bits per heavy atom. The van der Waals surface area contributed by atoms with Gasteiger partial charge in [0.2, 0.25) is 0 Å². The fraction of sp³-hybridized carbons (Fsp3) is 0.350. The van der Waals surface area contributed by atoms with Crippen LogP contribution in [0.15, 0.2) is 47.5 Å². The van der Waals surface area contributed by atoms with Gasteiger partial charge in [0.05, 0.1) is 20.8 Å². The van der Waals surface area contributed by atoms with Crippen LogP contribution in [-0.2, 0) is 12.0 Å². The van der Waals surface area contributed by atoms with Crippen molar-refractivity contribution in [3.05, 3.63) is 58.6 Å². The number of nitrogens with one attached hydrogen (secondary N) is 1. The number of aliphatic imine (C=N–C) groups is 1. The lowest BCUT2D eigenvalue weighted by Gasteiger charge is -2.26. The number of ether oxygens (including phenoxy) is 2. The molecule has 0 amide bonds. The van der Waals surface area contributed by atoms with Gasteiger partial charge in [0.1, 0.15) is 0 Å². The third-order valence-electron chi connectivity index (χ3n) is 4.20. The maximum atomic E-state index is 6.09. The van der Waals surface area contributed by atoms with Crippen LogP contribution in [-0.4, -0.2) is 26.7 Å². The Morgan fingerprint density at radius 2 is 1.85 bits per heavy atom. The van der Waals surface area contributed by atoms with Crippen molar-refractivity contribution in [2.24, 2.45) is 10.7 Å². The number of nitrogens with zero attached hydrogens (tertiary/aromatic N) is 1. The molecule has 0 aliphatic heterocycles. The molecule has 0 saturated carbocycles. The number of nitrogens with two attached hydrogens (primary N) is 1. The molecule has 0 heterocycles. The lowest BCUT2D eigenvalue weighted by Crippen LogP contribution is -2.40. The van der Waals surface area contributed by atoms with Gasteiger partial charge in [-0.3, -0.25) is 0 Å². The molecule has 0 radical (unpaired) electrons. The van der Waals surface area contributed by atoms with Crippen molar-refractivity contribution in [1.82, 2.24) is 5.32 Å². The van der Waals surface area contributed by atoms with Crippen LogP contribution in [0.5, 0.6) is 11.5 Å². The molecule has 2 aromatic carbocycles. The number of hydrogen-bond donors (Lipinski definition) is 2. The summed E-state index contributed by atoms with van der Waals surface area (Å²) in [6, 6.07) is 13.5. The molecule has 3 N–H and O–H groups in total. The van der Waals surface area contributed by atoms with Crippen LogP contribution in [0, 0.1) is 0 Å². The first-order chi connectivity index (χ1) is 12.4. The second-order valence-corrected chi connectivity index (χ2v) is 7.08. The van der Waals surface area contributed by atoms with Gasteiger partial charge in [0.15, 0.2) is 17.5 Å². The summed E-state index contributed by atoms with van der Waals surface area (Å²) in [7, 11) is 3.22. The molecule has 0 unspecified atom stereocenters. The molecular formula is C20H26ClN3O2. The Bertz CT molecular complexity index is 775. The van der Waals surface area contributed by atoms with E-state index in [9.17, 15) is 0 Å². The van der Waals surface area contributed by atoms with Crippen molar-refractivity contribution in [3.8, 4) is 11.5 Å². The quantitative estimate of drug-likeness (QED) is 0.571. The molecule has 5 nitrogen and oxygen atoms in total. The maximum Gasteiger partial charge on any atom is 0.188 e. The molecule has 0 aromatic heterocycles. The van der Waals surface area contributed by atoms with E-state index in [0.29, 0.717) is 30.5 Å². The average molecular weight is 376 g/mol. The van der Waals surface area contributed by atoms with Crippen LogP contribution in [0.25, 0.3) is 0 Å². The van der Waals surface area contributed by atoms with Crippen molar-refractivity contribution in [2.45, 2.75) is 25.8 Å². The van der Waals surface area contributed by atoms with Crippen molar-refractivity contribution < 1.29 is 9.47 Å². The number of benzene rings is 2. The standard InChI is InChI=1S/C20H26ClN3O2/c1-20(2,15-6-5-7-16(21)11-15)13-24-19(22)23-12-14-8-9-17(25-3)18(10-14)26-4/h5-11H,12-13H2,1-4H3,(H3,22,23,24). The smallest absolute Gasteiger partial charge is 0.188 e. The largest absolute Gasteiger partial charge is 0.493 e. The summed E-state index contributed by atoms with van der Waals surface area (Å²) in [6.07, 6.45) is 0. The van der Waals surface area contributed by atoms with Gasteiger partial charge in [-0.05, 0) is 35.4 Å². The van der Waals surface area contributed by atoms with Crippen molar-refractivity contribution in [2.75, 3.05) is 20.8 Å². The molecule has 2 rings (SSSR count). The summed E-state index contributed by atoms with van der Waals surface area (Å²) >= 11 is 6.09. The van der Waals surface area contributed by atoms with Gasteiger partial charge in [0, 0.05) is 17.0 Å². The highest BCUT2D eigenvalue weighted by atomic mass is 35.5. The molecule has 0 spiro atoms. The third kappa shape index (κ3) is 5.30. The normalized spacial score (nSPS) is 12.0. The molecule has 0 fully saturated rings. The van der Waals surface area contributed by atoms with Crippen LogP contribution in [0.4, 0.5) is 0 Å². The SMILES string of the molecule is COc1ccc(CN=C(N)NCC(C)(C)c2cccc(Cl)c2)cc1OC. The average Bonchev–Trinajstić information content (AvgIpc) is 2.64. The molecule has 2 aromatic rings. The topological polar surface area (TPSA) is 68.9 Å². The Morgan fingerprint density at radius 3 is 2.50 bits per heavy atom. The van der Waals surface area contributed by atoms with E-state index in [4.69, 9.17) is 26.8 Å². The Balaban J connectivity index is 1.98. The fourth-order valence-electron chi connectivity index (χ4n) is 2.53. The zero-order chi connectivity index (χ0) is 19.2. The molecule has 0 aliphatic rings. The van der Waals surface area contributed by atoms with E-state index in [2.05, 4.69) is 30.2 Å². The lowest BCUT2D eigenvalue weighted by atomic mass is 9.85. The second-order valence-electron chi connectivity index (χ2n) is 6.64. The zero-order valence-electron chi connectivity index (χ0n) is 15.7. The monoisotopic (exact) mass is 375 g/mol. The first-order valence-corrected chi connectivity index (χ1v) is 8.74. The molecular weight excluding hydrogens is 350 g/mol. The minimum absolute atomic E-state index is 0.131. The summed E-state index contributed by atoms with van der Waals surface area (Å²) in [5.74, 6) is 1.76. The molecule has 0 aliphatic carbocycles. The van der Waals surface area contributed by atoms with E-state index in [-0.39, 0.29) is 5.41 Å². The predicted molar refractivity (Wildman–Crippen MR) is 107 cm³/mol. The summed E-state index contributed by atoms with van der Waals surface area (Å²) < 4.78 is 10.5. The van der Waals surface area contributed by atoms with Gasteiger partial charge in [-0.1, -0.05) is 43.6 Å². The van der Waals surface area contributed by atoms with Crippen LogP contribution < -0.4 is 20.5 Å². The highest BCUT2D eigenvalue weighted by Gasteiger charge is 2.20. The van der Waals surface area contributed by atoms with Crippen molar-refractivity contribution in [1.29, 1.82) is 0 Å². The number of hydrogen-bond acceptors (Lipinski definition) is 3. The Kier molecular flexibility index (Phi) is 6.75. The fourth-order valence-corrected chi connectivity index (χ4v) is 2.72. The zero-order valence-corrected chi connectivity index (χ0v) is 16.4. The summed E-state index contributed by atoms with van der Waals surface area (Å²) in [5, 5.41) is 3.92. The summed E-state index contributed by atoms with van der Waals surface area (Å²) in [4.78, 5) is 4.40. The first-order valence-electron chi connectivity index (χ1n) is 8.36. The number of halogens is 1. The van der Waals surface area contributed by atoms with Gasteiger partial charge in [-0.2, -0.15) is 0 Å². The number of methoxy groups -OCH3 is 2. The predicted octanol–water partition coefficient (Wildman–Crippen LogP) is 3.74. The van der Waals surface area contributed by atoms with E-state index < -0.39 is 0 Å². The lowest BCUT2D eigenvalue weighted by molar-refractivity contribution is 0.354. The molecule has 26 heavy (non-hydrogen) atoms. The van der Waals surface area contributed by atoms with Crippen molar-refractivity contribution >= 4 is 17.6 Å². The minimum atomic E-state index is -0.131. The first kappa shape index (κ1) is 19.9. The molecule has 0 atom stereocenters. The van der Waals surface area contributed by atoms with E-state index in [1.807, 2.05) is 36.4 Å². The Hall–Kier alpha value is -2.40. The van der Waals surface area contributed by atoms with E-state index in [1.165, 1.54) is 0 Å². The van der Waals surface area contributed by atoms with Crippen LogP contribution in [0.2, 0.25) is 5.02 Å². The van der Waals surface area contributed by atoms with Gasteiger partial charge >= 0.3 is 0 Å². The molecule has 6 heteroatoms. The summed E-state index contributed by atoms with van der Waals surface area (Å²) in [5.41, 5.74) is 8.02. The second kappa shape index (κ2) is 8.81. The summed E-state index contributed by atoms with van der Waals surface area (Å²) in [6.45, 7) is 5.37. The van der Waals surface area contributed by atoms with Gasteiger partial charge in [-0.15, -0.1) is 0 Å². The van der Waals surface area contributed by atoms with E-state index in [0.717, 1.165) is 16.1 Å². The van der Waals surface area contributed by atoms with Crippen LogP contribution in [0.3, 0.4) is 0 Å². The van der Waals surface area contributed by atoms with Crippen LogP contribution in [0.1, 0.15) is 25.0 Å². The van der Waals surface area contributed by atoms with E-state index in [1.54, 1.807) is 14.2 Å². The molecule has 0 saturated heterocycles. The van der Waals surface area contributed by atoms with Crippen LogP contribution >= 0.6 is 11.6 Å². The molecule has 140 valence electrons. The maximum absolute atomic E-state index is 6.09. The molecule has 0 bridgehead atoms. The highest BCUT2D eigenvalue weighted by molar-refractivity contribution is 6.30. The number of rotatable bonds is 7. The highest BCUT2D eigenvalue weighted by Crippen LogP contribution is 2.28. The van der Waals surface area contributed by atoms with Gasteiger partial charge in [-0.25, -0.2) is 4.99 Å². The van der Waals surface area contributed by atoms with Gasteiger partial charge < -0.3 is 20.5 Å². The number of guanidine groups is 1. The van der Waals surface area contributed by atoms with Gasteiger partial charge in [0.25, 0.3) is 0 Å². The minimum Gasteiger partial charge on any atom is -0.493 e. The third-order valence-corrected chi connectivity index (χ3v) is 4.43. The van der Waals surface area contributed by atoms with Crippen molar-refractivity contribution in [3.63, 3.8) is 0 Å².